The molecule has 1 atom stereocenters. The van der Waals surface area contributed by atoms with Crippen molar-refractivity contribution in [1.29, 1.82) is 0 Å². The Morgan fingerprint density at radius 3 is 2.86 bits per heavy atom. The van der Waals surface area contributed by atoms with Crippen molar-refractivity contribution in [2.24, 2.45) is 5.73 Å². The third-order valence-corrected chi connectivity index (χ3v) is 5.02. The molecule has 0 fully saturated rings. The number of rotatable bonds is 7. The molecule has 2 aromatic rings. The zero-order chi connectivity index (χ0) is 15.3. The molecule has 0 aliphatic heterocycles. The fraction of sp³-hybridized carbons (Fsp3) is 0.400. The molecule has 0 aliphatic carbocycles. The SMILES string of the molecule is CCCC[C@@H](CN)NS(=O)(=O)c1cccc2cnccc12. The van der Waals surface area contributed by atoms with Crippen molar-refractivity contribution >= 4 is 20.8 Å². The molecule has 0 bridgehead atoms. The minimum atomic E-state index is -3.59. The van der Waals surface area contributed by atoms with Gasteiger partial charge in [-0.05, 0) is 18.6 Å². The largest absolute Gasteiger partial charge is 0.329 e. The normalized spacial score (nSPS) is 13.4. The van der Waals surface area contributed by atoms with Crippen LogP contribution in [0.5, 0.6) is 0 Å². The number of hydrogen-bond acceptors (Lipinski definition) is 4. The zero-order valence-electron chi connectivity index (χ0n) is 12.1. The minimum Gasteiger partial charge on any atom is -0.329 e. The van der Waals surface area contributed by atoms with Gasteiger partial charge in [0.05, 0.1) is 4.90 Å². The Morgan fingerprint density at radius 1 is 1.33 bits per heavy atom. The summed E-state index contributed by atoms with van der Waals surface area (Å²) < 4.78 is 27.9. The van der Waals surface area contributed by atoms with E-state index in [0.29, 0.717) is 11.9 Å². The van der Waals surface area contributed by atoms with Gasteiger partial charge in [0.2, 0.25) is 10.0 Å². The van der Waals surface area contributed by atoms with E-state index in [1.807, 2.05) is 6.07 Å². The van der Waals surface area contributed by atoms with Crippen LogP contribution < -0.4 is 10.5 Å². The summed E-state index contributed by atoms with van der Waals surface area (Å²) in [5.41, 5.74) is 5.67. The van der Waals surface area contributed by atoms with Gasteiger partial charge in [-0.2, -0.15) is 0 Å². The molecule has 1 aromatic heterocycles. The highest BCUT2D eigenvalue weighted by molar-refractivity contribution is 7.89. The number of benzene rings is 1. The van der Waals surface area contributed by atoms with E-state index >= 15 is 0 Å². The highest BCUT2D eigenvalue weighted by atomic mass is 32.2. The van der Waals surface area contributed by atoms with Crippen molar-refractivity contribution in [2.75, 3.05) is 6.54 Å². The molecular weight excluding hydrogens is 286 g/mol. The third-order valence-electron chi connectivity index (χ3n) is 3.44. The maximum Gasteiger partial charge on any atom is 0.241 e. The summed E-state index contributed by atoms with van der Waals surface area (Å²) in [6.07, 6.45) is 5.96. The first-order chi connectivity index (χ1) is 10.1. The van der Waals surface area contributed by atoms with Gasteiger partial charge in [-0.3, -0.25) is 4.98 Å². The van der Waals surface area contributed by atoms with Gasteiger partial charge in [0.25, 0.3) is 0 Å². The first-order valence-electron chi connectivity index (χ1n) is 7.13. The Hall–Kier alpha value is -1.50. The van der Waals surface area contributed by atoms with Crippen LogP contribution >= 0.6 is 0 Å². The molecule has 0 saturated heterocycles. The topological polar surface area (TPSA) is 85.1 Å². The Balaban J connectivity index is 2.33. The lowest BCUT2D eigenvalue weighted by Crippen LogP contribution is -2.40. The minimum absolute atomic E-state index is 0.230. The van der Waals surface area contributed by atoms with Gasteiger partial charge in [-0.15, -0.1) is 0 Å². The number of nitrogens with zero attached hydrogens (tertiary/aromatic N) is 1. The average Bonchev–Trinajstić information content (AvgIpc) is 2.50. The lowest BCUT2D eigenvalue weighted by molar-refractivity contribution is 0.517. The average molecular weight is 307 g/mol. The molecule has 0 aliphatic rings. The fourth-order valence-corrected chi connectivity index (χ4v) is 3.80. The van der Waals surface area contributed by atoms with Crippen LogP contribution in [0.15, 0.2) is 41.6 Å². The molecule has 0 saturated carbocycles. The molecule has 0 spiro atoms. The number of unbranched alkanes of at least 4 members (excludes halogenated alkanes) is 1. The van der Waals surface area contributed by atoms with E-state index in [-0.39, 0.29) is 10.9 Å². The molecule has 21 heavy (non-hydrogen) atoms. The smallest absolute Gasteiger partial charge is 0.241 e. The standard InChI is InChI=1S/C15H21N3O2S/c1-2-3-6-13(10-16)18-21(19,20)15-7-4-5-12-11-17-9-8-14(12)15/h4-5,7-9,11,13,18H,2-3,6,10,16H2,1H3/t13-/m0/s1. The first-order valence-corrected chi connectivity index (χ1v) is 8.62. The molecule has 1 heterocycles. The van der Waals surface area contributed by atoms with Gasteiger partial charge in [0.15, 0.2) is 0 Å². The van der Waals surface area contributed by atoms with Crippen molar-refractivity contribution in [3.8, 4) is 0 Å². The van der Waals surface area contributed by atoms with E-state index in [1.54, 1.807) is 30.6 Å². The van der Waals surface area contributed by atoms with Crippen LogP contribution in [-0.4, -0.2) is 26.0 Å². The summed E-state index contributed by atoms with van der Waals surface area (Å²) in [5.74, 6) is 0. The third kappa shape index (κ3) is 3.78. The highest BCUT2D eigenvalue weighted by Crippen LogP contribution is 2.22. The summed E-state index contributed by atoms with van der Waals surface area (Å²) in [7, 11) is -3.59. The molecule has 114 valence electrons. The molecule has 3 N–H and O–H groups in total. The van der Waals surface area contributed by atoms with Gasteiger partial charge in [0, 0.05) is 35.8 Å². The quantitative estimate of drug-likeness (QED) is 0.819. The lowest BCUT2D eigenvalue weighted by Gasteiger charge is -2.17. The van der Waals surface area contributed by atoms with E-state index < -0.39 is 10.0 Å². The van der Waals surface area contributed by atoms with Crippen LogP contribution in [-0.2, 0) is 10.0 Å². The van der Waals surface area contributed by atoms with E-state index in [0.717, 1.165) is 24.6 Å². The molecule has 0 amide bonds. The number of pyridine rings is 1. The van der Waals surface area contributed by atoms with Crippen molar-refractivity contribution in [1.82, 2.24) is 9.71 Å². The van der Waals surface area contributed by atoms with Crippen molar-refractivity contribution < 1.29 is 8.42 Å². The van der Waals surface area contributed by atoms with E-state index in [2.05, 4.69) is 16.6 Å². The number of hydrogen-bond donors (Lipinski definition) is 2. The monoisotopic (exact) mass is 307 g/mol. The Labute approximate surface area is 125 Å². The van der Waals surface area contributed by atoms with E-state index in [1.165, 1.54) is 0 Å². The lowest BCUT2D eigenvalue weighted by atomic mass is 10.1. The zero-order valence-corrected chi connectivity index (χ0v) is 12.9. The van der Waals surface area contributed by atoms with Crippen LogP contribution in [0.3, 0.4) is 0 Å². The van der Waals surface area contributed by atoms with Crippen LogP contribution in [0.4, 0.5) is 0 Å². The number of nitrogens with one attached hydrogen (secondary N) is 1. The Kier molecular flexibility index (Phi) is 5.27. The van der Waals surface area contributed by atoms with Crippen molar-refractivity contribution in [2.45, 2.75) is 37.1 Å². The molecule has 6 heteroatoms. The molecule has 5 nitrogen and oxygen atoms in total. The van der Waals surface area contributed by atoms with Crippen LogP contribution in [0.2, 0.25) is 0 Å². The van der Waals surface area contributed by atoms with Gasteiger partial charge in [-0.1, -0.05) is 31.9 Å². The van der Waals surface area contributed by atoms with Gasteiger partial charge in [-0.25, -0.2) is 13.1 Å². The van der Waals surface area contributed by atoms with Crippen LogP contribution in [0.1, 0.15) is 26.2 Å². The highest BCUT2D eigenvalue weighted by Gasteiger charge is 2.20. The number of sulfonamides is 1. The fourth-order valence-electron chi connectivity index (χ4n) is 2.29. The first kappa shape index (κ1) is 15.9. The van der Waals surface area contributed by atoms with Gasteiger partial charge >= 0.3 is 0 Å². The van der Waals surface area contributed by atoms with Crippen molar-refractivity contribution in [3.63, 3.8) is 0 Å². The second kappa shape index (κ2) is 6.98. The second-order valence-corrected chi connectivity index (χ2v) is 6.73. The maximum atomic E-state index is 12.6. The van der Waals surface area contributed by atoms with Crippen molar-refractivity contribution in [3.05, 3.63) is 36.7 Å². The van der Waals surface area contributed by atoms with Crippen LogP contribution in [0.25, 0.3) is 10.8 Å². The summed E-state index contributed by atoms with van der Waals surface area (Å²) in [6, 6.07) is 6.67. The van der Waals surface area contributed by atoms with Gasteiger partial charge in [0.1, 0.15) is 0 Å². The number of aromatic nitrogens is 1. The summed E-state index contributed by atoms with van der Waals surface area (Å²) in [6.45, 7) is 2.37. The molecule has 0 radical (unpaired) electrons. The summed E-state index contributed by atoms with van der Waals surface area (Å²) >= 11 is 0. The molecule has 1 aromatic carbocycles. The van der Waals surface area contributed by atoms with Crippen LogP contribution in [0, 0.1) is 0 Å². The Bertz CT molecular complexity index is 696. The predicted octanol–water partition coefficient (Wildman–Crippen LogP) is 2.03. The number of nitrogens with two attached hydrogens (primary N) is 1. The summed E-state index contributed by atoms with van der Waals surface area (Å²) in [5, 5.41) is 1.48. The van der Waals surface area contributed by atoms with E-state index in [9.17, 15) is 8.42 Å². The van der Waals surface area contributed by atoms with E-state index in [4.69, 9.17) is 5.73 Å². The molecular formula is C15H21N3O2S. The predicted molar refractivity (Wildman–Crippen MR) is 84.4 cm³/mol. The Morgan fingerprint density at radius 2 is 2.14 bits per heavy atom. The molecule has 2 rings (SSSR count). The second-order valence-electron chi connectivity index (χ2n) is 5.05. The van der Waals surface area contributed by atoms with Gasteiger partial charge < -0.3 is 5.73 Å². The summed E-state index contributed by atoms with van der Waals surface area (Å²) in [4.78, 5) is 4.29. The molecule has 0 unspecified atom stereocenters. The maximum absolute atomic E-state index is 12.6. The number of fused-ring (bicyclic) bond motifs is 1.